The maximum atomic E-state index is 12.4. The predicted molar refractivity (Wildman–Crippen MR) is 142 cm³/mol. The number of carbonyl (C=O) groups is 2. The van der Waals surface area contributed by atoms with Gasteiger partial charge in [-0.25, -0.2) is 5.43 Å². The molecule has 0 aliphatic rings. The highest BCUT2D eigenvalue weighted by Gasteiger charge is 2.14. The number of carbonyl (C=O) groups excluding carboxylic acids is 2. The summed E-state index contributed by atoms with van der Waals surface area (Å²) in [5, 5.41) is 6.91. The SMILES string of the molecule is COc1cc(/C=N/NC(=O)c2ccc(C)cc2)cc(I)c1OCC(=O)Nc1cccc(C)c1C. The maximum Gasteiger partial charge on any atom is 0.271 e. The van der Waals surface area contributed by atoms with E-state index >= 15 is 0 Å². The summed E-state index contributed by atoms with van der Waals surface area (Å²) in [6.45, 7) is 5.74. The first kappa shape index (κ1) is 25.2. The van der Waals surface area contributed by atoms with Crippen molar-refractivity contribution in [2.24, 2.45) is 5.10 Å². The van der Waals surface area contributed by atoms with Gasteiger partial charge in [0.15, 0.2) is 18.1 Å². The molecule has 0 spiro atoms. The Morgan fingerprint density at radius 2 is 1.79 bits per heavy atom. The Hall–Kier alpha value is -3.40. The van der Waals surface area contributed by atoms with E-state index in [1.54, 1.807) is 18.2 Å². The van der Waals surface area contributed by atoms with Crippen LogP contribution >= 0.6 is 22.6 Å². The second-order valence-corrected chi connectivity index (χ2v) is 8.85. The van der Waals surface area contributed by atoms with Gasteiger partial charge in [-0.2, -0.15) is 5.10 Å². The molecule has 7 nitrogen and oxygen atoms in total. The highest BCUT2D eigenvalue weighted by molar-refractivity contribution is 14.1. The van der Waals surface area contributed by atoms with Crippen LogP contribution in [0, 0.1) is 24.3 Å². The van der Waals surface area contributed by atoms with Crippen molar-refractivity contribution < 1.29 is 19.1 Å². The number of methoxy groups -OCH3 is 1. The molecule has 2 N–H and O–H groups in total. The van der Waals surface area contributed by atoms with Crippen molar-refractivity contribution in [3.05, 3.63) is 86.0 Å². The van der Waals surface area contributed by atoms with E-state index in [2.05, 4.69) is 38.4 Å². The lowest BCUT2D eigenvalue weighted by Crippen LogP contribution is -2.21. The fourth-order valence-electron chi connectivity index (χ4n) is 3.10. The Morgan fingerprint density at radius 3 is 2.50 bits per heavy atom. The second-order valence-electron chi connectivity index (χ2n) is 7.68. The van der Waals surface area contributed by atoms with Gasteiger partial charge in [0.1, 0.15) is 0 Å². The van der Waals surface area contributed by atoms with Crippen LogP contribution in [0.15, 0.2) is 59.7 Å². The average molecular weight is 571 g/mol. The Kier molecular flexibility index (Phi) is 8.64. The molecule has 0 aromatic heterocycles. The standard InChI is InChI=1S/C26H26IN3O4/c1-16-8-10-20(11-9-16)26(32)30-28-14-19-12-21(27)25(23(13-19)33-4)34-15-24(31)29-22-7-5-6-17(2)18(22)3/h5-14H,15H2,1-4H3,(H,29,31)(H,30,32)/b28-14+. The van der Waals surface area contributed by atoms with Crippen LogP contribution in [-0.4, -0.2) is 31.7 Å². The molecular weight excluding hydrogens is 545 g/mol. The predicted octanol–water partition coefficient (Wildman–Crippen LogP) is 5.01. The zero-order chi connectivity index (χ0) is 24.7. The van der Waals surface area contributed by atoms with Gasteiger partial charge in [-0.05, 0) is 90.4 Å². The molecule has 176 valence electrons. The molecule has 0 fully saturated rings. The molecule has 2 amide bonds. The number of hydrazone groups is 1. The van der Waals surface area contributed by atoms with Crippen LogP contribution in [0.3, 0.4) is 0 Å². The van der Waals surface area contributed by atoms with Crippen molar-refractivity contribution in [1.82, 2.24) is 5.43 Å². The zero-order valence-corrected chi connectivity index (χ0v) is 21.6. The minimum Gasteiger partial charge on any atom is -0.493 e. The van der Waals surface area contributed by atoms with E-state index in [0.717, 1.165) is 25.9 Å². The van der Waals surface area contributed by atoms with E-state index in [0.29, 0.717) is 22.6 Å². The van der Waals surface area contributed by atoms with Gasteiger partial charge in [-0.3, -0.25) is 9.59 Å². The molecule has 3 rings (SSSR count). The number of benzene rings is 3. The van der Waals surface area contributed by atoms with Gasteiger partial charge in [0, 0.05) is 11.3 Å². The van der Waals surface area contributed by atoms with Crippen molar-refractivity contribution in [3.8, 4) is 11.5 Å². The molecule has 0 saturated carbocycles. The minimum absolute atomic E-state index is 0.167. The largest absolute Gasteiger partial charge is 0.493 e. The Balaban J connectivity index is 1.64. The first-order valence-electron chi connectivity index (χ1n) is 10.5. The Morgan fingerprint density at radius 1 is 1.06 bits per heavy atom. The number of halogens is 1. The van der Waals surface area contributed by atoms with Gasteiger partial charge in [-0.15, -0.1) is 0 Å². The molecule has 0 heterocycles. The maximum absolute atomic E-state index is 12.4. The van der Waals surface area contributed by atoms with E-state index in [1.807, 2.05) is 57.2 Å². The molecule has 0 aliphatic carbocycles. The fourth-order valence-corrected chi connectivity index (χ4v) is 3.88. The summed E-state index contributed by atoms with van der Waals surface area (Å²) in [4.78, 5) is 24.6. The lowest BCUT2D eigenvalue weighted by Gasteiger charge is -2.14. The molecule has 0 unspecified atom stereocenters. The number of hydrogen-bond acceptors (Lipinski definition) is 5. The van der Waals surface area contributed by atoms with E-state index < -0.39 is 0 Å². The third kappa shape index (κ3) is 6.57. The highest BCUT2D eigenvalue weighted by Crippen LogP contribution is 2.33. The lowest BCUT2D eigenvalue weighted by molar-refractivity contribution is -0.118. The Bertz CT molecular complexity index is 1220. The molecule has 34 heavy (non-hydrogen) atoms. The van der Waals surface area contributed by atoms with Gasteiger partial charge in [0.2, 0.25) is 0 Å². The van der Waals surface area contributed by atoms with Crippen molar-refractivity contribution in [3.63, 3.8) is 0 Å². The summed E-state index contributed by atoms with van der Waals surface area (Å²) in [6.07, 6.45) is 1.52. The quantitative estimate of drug-likeness (QED) is 0.226. The van der Waals surface area contributed by atoms with E-state index in [9.17, 15) is 9.59 Å². The number of hydrogen-bond donors (Lipinski definition) is 2. The van der Waals surface area contributed by atoms with E-state index in [1.165, 1.54) is 13.3 Å². The van der Waals surface area contributed by atoms with Crippen LogP contribution in [0.1, 0.15) is 32.6 Å². The fraction of sp³-hybridized carbons (Fsp3) is 0.192. The van der Waals surface area contributed by atoms with Crippen molar-refractivity contribution in [2.75, 3.05) is 19.0 Å². The van der Waals surface area contributed by atoms with Gasteiger partial charge in [0.05, 0.1) is 16.9 Å². The number of amides is 2. The topological polar surface area (TPSA) is 89.0 Å². The van der Waals surface area contributed by atoms with Crippen molar-refractivity contribution in [2.45, 2.75) is 20.8 Å². The number of aryl methyl sites for hydroxylation is 2. The van der Waals surface area contributed by atoms with Gasteiger partial charge >= 0.3 is 0 Å². The molecule has 8 heteroatoms. The molecule has 0 saturated heterocycles. The molecule has 0 bridgehead atoms. The van der Waals surface area contributed by atoms with Gasteiger partial charge in [-0.1, -0.05) is 29.8 Å². The number of nitrogens with zero attached hydrogens (tertiary/aromatic N) is 1. The summed E-state index contributed by atoms with van der Waals surface area (Å²) in [5.41, 5.74) is 7.69. The highest BCUT2D eigenvalue weighted by atomic mass is 127. The van der Waals surface area contributed by atoms with Crippen LogP contribution in [0.4, 0.5) is 5.69 Å². The normalized spacial score (nSPS) is 10.7. The Labute approximate surface area is 212 Å². The molecular formula is C26H26IN3O4. The summed E-state index contributed by atoms with van der Waals surface area (Å²) in [5.74, 6) is 0.349. The van der Waals surface area contributed by atoms with Crippen LogP contribution in [0.5, 0.6) is 11.5 Å². The number of ether oxygens (including phenoxy) is 2. The first-order valence-corrected chi connectivity index (χ1v) is 11.6. The molecule has 3 aromatic rings. The number of anilines is 1. The number of rotatable bonds is 8. The van der Waals surface area contributed by atoms with Crippen molar-refractivity contribution >= 4 is 46.3 Å². The van der Waals surface area contributed by atoms with Crippen molar-refractivity contribution in [1.29, 1.82) is 0 Å². The van der Waals surface area contributed by atoms with E-state index in [-0.39, 0.29) is 18.4 Å². The second kappa shape index (κ2) is 11.6. The van der Waals surface area contributed by atoms with E-state index in [4.69, 9.17) is 9.47 Å². The van der Waals surface area contributed by atoms with Crippen LogP contribution in [0.2, 0.25) is 0 Å². The smallest absolute Gasteiger partial charge is 0.271 e. The third-order valence-corrected chi connectivity index (χ3v) is 5.97. The van der Waals surface area contributed by atoms with Gasteiger partial charge in [0.25, 0.3) is 11.8 Å². The molecule has 0 radical (unpaired) electrons. The molecule has 3 aromatic carbocycles. The van der Waals surface area contributed by atoms with Gasteiger partial charge < -0.3 is 14.8 Å². The third-order valence-electron chi connectivity index (χ3n) is 5.17. The average Bonchev–Trinajstić information content (AvgIpc) is 2.81. The summed E-state index contributed by atoms with van der Waals surface area (Å²) < 4.78 is 12.0. The summed E-state index contributed by atoms with van der Waals surface area (Å²) in [6, 6.07) is 16.5. The summed E-state index contributed by atoms with van der Waals surface area (Å²) >= 11 is 2.11. The molecule has 0 atom stereocenters. The summed E-state index contributed by atoms with van der Waals surface area (Å²) in [7, 11) is 1.52. The van der Waals surface area contributed by atoms with Crippen LogP contribution in [0.25, 0.3) is 0 Å². The molecule has 0 aliphatic heterocycles. The lowest BCUT2D eigenvalue weighted by atomic mass is 10.1. The van der Waals surface area contributed by atoms with Crippen LogP contribution in [-0.2, 0) is 4.79 Å². The number of nitrogens with one attached hydrogen (secondary N) is 2. The monoisotopic (exact) mass is 571 g/mol. The minimum atomic E-state index is -0.298. The first-order chi connectivity index (χ1) is 16.3. The van der Waals surface area contributed by atoms with Crippen LogP contribution < -0.4 is 20.2 Å². The zero-order valence-electron chi connectivity index (χ0n) is 19.4.